The number of nitrogens with zero attached hydrogens (tertiary/aromatic N) is 3. The van der Waals surface area contributed by atoms with Crippen LogP contribution in [0.3, 0.4) is 0 Å². The van der Waals surface area contributed by atoms with E-state index in [9.17, 15) is 4.79 Å². The molecule has 0 aliphatic heterocycles. The molecule has 6 heteroatoms. The number of fused-ring (bicyclic) bond motifs is 1. The van der Waals surface area contributed by atoms with E-state index in [1.807, 2.05) is 49.4 Å². The van der Waals surface area contributed by atoms with Gasteiger partial charge in [-0.3, -0.25) is 4.79 Å². The number of nitrogens with one attached hydrogen (secondary N) is 1. The van der Waals surface area contributed by atoms with Crippen LogP contribution in [0.2, 0.25) is 0 Å². The Bertz CT molecular complexity index is 1120. The van der Waals surface area contributed by atoms with E-state index in [2.05, 4.69) is 34.1 Å². The van der Waals surface area contributed by atoms with E-state index >= 15 is 0 Å². The molecule has 0 radical (unpaired) electrons. The number of hydrogen-bond acceptors (Lipinski definition) is 4. The van der Waals surface area contributed by atoms with Crippen LogP contribution in [-0.2, 0) is 0 Å². The van der Waals surface area contributed by atoms with Crippen LogP contribution in [0, 0.1) is 6.92 Å². The van der Waals surface area contributed by atoms with Crippen molar-refractivity contribution >= 4 is 22.8 Å². The van der Waals surface area contributed by atoms with Crippen LogP contribution in [-0.4, -0.2) is 19.7 Å². The highest BCUT2D eigenvalue weighted by atomic mass is 32.2. The van der Waals surface area contributed by atoms with Crippen LogP contribution in [0.15, 0.2) is 70.7 Å². The number of benzene rings is 2. The molecule has 2 aromatic heterocycles. The molecule has 26 heavy (non-hydrogen) atoms. The number of hydrogen-bond donors (Lipinski definition) is 1. The zero-order chi connectivity index (χ0) is 18.1. The first-order valence-electron chi connectivity index (χ1n) is 8.38. The summed E-state index contributed by atoms with van der Waals surface area (Å²) in [5.74, 6) is 0. The van der Waals surface area contributed by atoms with E-state index in [1.165, 1.54) is 17.3 Å². The van der Waals surface area contributed by atoms with Gasteiger partial charge in [-0.2, -0.15) is 5.10 Å². The predicted octanol–water partition coefficient (Wildman–Crippen LogP) is 4.27. The van der Waals surface area contributed by atoms with Crippen molar-refractivity contribution in [2.75, 3.05) is 0 Å². The molecule has 2 aromatic carbocycles. The van der Waals surface area contributed by atoms with Gasteiger partial charge in [0, 0.05) is 5.25 Å². The van der Waals surface area contributed by atoms with E-state index < -0.39 is 0 Å². The molecule has 0 spiro atoms. The summed E-state index contributed by atoms with van der Waals surface area (Å²) in [6.07, 6.45) is 1.57. The van der Waals surface area contributed by atoms with Crippen molar-refractivity contribution in [3.05, 3.63) is 82.3 Å². The van der Waals surface area contributed by atoms with Crippen molar-refractivity contribution in [1.29, 1.82) is 0 Å². The molecule has 5 nitrogen and oxygen atoms in total. The summed E-state index contributed by atoms with van der Waals surface area (Å²) < 4.78 is 1.72. The summed E-state index contributed by atoms with van der Waals surface area (Å²) in [5.41, 5.74) is 3.61. The number of rotatable bonds is 4. The van der Waals surface area contributed by atoms with Crippen molar-refractivity contribution in [2.45, 2.75) is 24.3 Å². The molecule has 0 amide bonds. The largest absolute Gasteiger partial charge is 0.301 e. The molecule has 0 aliphatic rings. The average Bonchev–Trinajstić information content (AvgIpc) is 3.07. The molecule has 0 bridgehead atoms. The standard InChI is InChI=1S/C20H18N4OS/c1-13-7-6-10-16(11-13)24-18-17(12-21-24)19(25)23-20(22-18)26-14(2)15-8-4-3-5-9-15/h3-12,14H,1-2H3,(H,22,23,25). The highest BCUT2D eigenvalue weighted by Gasteiger charge is 2.14. The third-order valence-electron chi connectivity index (χ3n) is 4.22. The molecule has 4 aromatic rings. The van der Waals surface area contributed by atoms with E-state index in [4.69, 9.17) is 0 Å². The SMILES string of the molecule is Cc1cccc(-n2ncc3c(=O)[nH]c(SC(C)c4ccccc4)nc32)c1. The molecular formula is C20H18N4OS. The Morgan fingerprint density at radius 2 is 1.92 bits per heavy atom. The second-order valence-electron chi connectivity index (χ2n) is 6.17. The van der Waals surface area contributed by atoms with Gasteiger partial charge in [0.05, 0.1) is 11.9 Å². The molecular weight excluding hydrogens is 344 g/mol. The Morgan fingerprint density at radius 1 is 1.12 bits per heavy atom. The molecule has 130 valence electrons. The minimum absolute atomic E-state index is 0.170. The van der Waals surface area contributed by atoms with Gasteiger partial charge in [0.15, 0.2) is 10.8 Å². The predicted molar refractivity (Wildman–Crippen MR) is 105 cm³/mol. The lowest BCUT2D eigenvalue weighted by Crippen LogP contribution is -2.10. The monoisotopic (exact) mass is 362 g/mol. The van der Waals surface area contributed by atoms with E-state index in [0.29, 0.717) is 16.2 Å². The number of aryl methyl sites for hydroxylation is 1. The molecule has 1 unspecified atom stereocenters. The summed E-state index contributed by atoms with van der Waals surface area (Å²) in [6.45, 7) is 4.13. The number of aromatic amines is 1. The Kier molecular flexibility index (Phi) is 4.34. The molecule has 1 atom stereocenters. The molecule has 0 fully saturated rings. The maximum absolute atomic E-state index is 12.5. The lowest BCUT2D eigenvalue weighted by Gasteiger charge is -2.11. The molecule has 0 saturated heterocycles. The summed E-state index contributed by atoms with van der Waals surface area (Å²) in [6, 6.07) is 18.1. The number of thioether (sulfide) groups is 1. The zero-order valence-electron chi connectivity index (χ0n) is 14.5. The molecule has 0 saturated carbocycles. The fraction of sp³-hybridized carbons (Fsp3) is 0.150. The maximum atomic E-state index is 12.5. The highest BCUT2D eigenvalue weighted by molar-refractivity contribution is 7.99. The van der Waals surface area contributed by atoms with Gasteiger partial charge in [0.2, 0.25) is 0 Å². The van der Waals surface area contributed by atoms with Crippen molar-refractivity contribution in [3.8, 4) is 5.69 Å². The lowest BCUT2D eigenvalue weighted by molar-refractivity contribution is 0.870. The number of aromatic nitrogens is 4. The Labute approximate surface area is 155 Å². The fourth-order valence-electron chi connectivity index (χ4n) is 2.86. The molecule has 4 rings (SSSR count). The van der Waals surface area contributed by atoms with Crippen molar-refractivity contribution in [2.24, 2.45) is 0 Å². The lowest BCUT2D eigenvalue weighted by atomic mass is 10.2. The van der Waals surface area contributed by atoms with Gasteiger partial charge in [0.1, 0.15) is 5.39 Å². The van der Waals surface area contributed by atoms with Crippen LogP contribution in [0.1, 0.15) is 23.3 Å². The average molecular weight is 362 g/mol. The van der Waals surface area contributed by atoms with Crippen molar-refractivity contribution in [3.63, 3.8) is 0 Å². The third kappa shape index (κ3) is 3.15. The summed E-state index contributed by atoms with van der Waals surface area (Å²) >= 11 is 1.53. The van der Waals surface area contributed by atoms with E-state index in [-0.39, 0.29) is 10.8 Å². The molecule has 2 heterocycles. The molecule has 1 N–H and O–H groups in total. The van der Waals surface area contributed by atoms with Crippen LogP contribution >= 0.6 is 11.8 Å². The van der Waals surface area contributed by atoms with E-state index in [0.717, 1.165) is 11.3 Å². The molecule has 0 aliphatic carbocycles. The van der Waals surface area contributed by atoms with Gasteiger partial charge in [-0.05, 0) is 37.1 Å². The topological polar surface area (TPSA) is 63.6 Å². The Morgan fingerprint density at radius 3 is 2.69 bits per heavy atom. The van der Waals surface area contributed by atoms with E-state index in [1.54, 1.807) is 10.9 Å². The highest BCUT2D eigenvalue weighted by Crippen LogP contribution is 2.32. The smallest absolute Gasteiger partial charge is 0.262 e. The Balaban J connectivity index is 1.76. The minimum atomic E-state index is -0.170. The summed E-state index contributed by atoms with van der Waals surface area (Å²) in [4.78, 5) is 20.0. The summed E-state index contributed by atoms with van der Waals surface area (Å²) in [7, 11) is 0. The van der Waals surface area contributed by atoms with Gasteiger partial charge in [-0.1, -0.05) is 54.2 Å². The Hall–Kier alpha value is -2.86. The van der Waals surface area contributed by atoms with Crippen LogP contribution in [0.25, 0.3) is 16.7 Å². The van der Waals surface area contributed by atoms with Gasteiger partial charge >= 0.3 is 0 Å². The minimum Gasteiger partial charge on any atom is -0.301 e. The first-order valence-corrected chi connectivity index (χ1v) is 9.26. The van der Waals surface area contributed by atoms with Crippen LogP contribution in [0.5, 0.6) is 0 Å². The quantitative estimate of drug-likeness (QED) is 0.435. The number of H-pyrrole nitrogens is 1. The third-order valence-corrected chi connectivity index (χ3v) is 5.26. The zero-order valence-corrected chi connectivity index (χ0v) is 15.3. The first-order chi connectivity index (χ1) is 12.6. The van der Waals surface area contributed by atoms with Crippen LogP contribution < -0.4 is 5.56 Å². The second kappa shape index (κ2) is 6.80. The fourth-order valence-corrected chi connectivity index (χ4v) is 3.78. The van der Waals surface area contributed by atoms with Gasteiger partial charge in [-0.15, -0.1) is 0 Å². The van der Waals surface area contributed by atoms with Crippen molar-refractivity contribution in [1.82, 2.24) is 19.7 Å². The van der Waals surface area contributed by atoms with Gasteiger partial charge in [-0.25, -0.2) is 9.67 Å². The maximum Gasteiger partial charge on any atom is 0.262 e. The first kappa shape index (κ1) is 16.6. The normalized spacial score (nSPS) is 12.4. The van der Waals surface area contributed by atoms with Crippen molar-refractivity contribution < 1.29 is 0 Å². The van der Waals surface area contributed by atoms with Gasteiger partial charge in [0.25, 0.3) is 5.56 Å². The van der Waals surface area contributed by atoms with Gasteiger partial charge < -0.3 is 4.98 Å². The second-order valence-corrected chi connectivity index (χ2v) is 7.50. The summed E-state index contributed by atoms with van der Waals surface area (Å²) in [5, 5.41) is 5.62. The van der Waals surface area contributed by atoms with Crippen LogP contribution in [0.4, 0.5) is 0 Å².